The maximum absolute atomic E-state index is 12.5. The lowest BCUT2D eigenvalue weighted by molar-refractivity contribution is 0.0757. The van der Waals surface area contributed by atoms with Crippen LogP contribution in [-0.4, -0.2) is 17.4 Å². The summed E-state index contributed by atoms with van der Waals surface area (Å²) in [5.41, 5.74) is 7.58. The fourth-order valence-electron chi connectivity index (χ4n) is 2.08. The molecule has 0 atom stereocenters. The van der Waals surface area contributed by atoms with Gasteiger partial charge < -0.3 is 10.6 Å². The summed E-state index contributed by atoms with van der Waals surface area (Å²) in [6.07, 6.45) is 0.972. The molecule has 0 radical (unpaired) electrons. The van der Waals surface area contributed by atoms with Crippen molar-refractivity contribution in [2.45, 2.75) is 26.8 Å². The third kappa shape index (κ3) is 3.39. The molecule has 0 spiro atoms. The van der Waals surface area contributed by atoms with Gasteiger partial charge in [0.15, 0.2) is 0 Å². The minimum atomic E-state index is 0.0969. The quantitative estimate of drug-likeness (QED) is 0.855. The Morgan fingerprint density at radius 2 is 2.05 bits per heavy atom. The summed E-state index contributed by atoms with van der Waals surface area (Å²) in [4.78, 5) is 16.4. The molecule has 0 aliphatic carbocycles. The lowest BCUT2D eigenvalue weighted by atomic mass is 10.2. The fraction of sp³-hybridized carbons (Fsp3) is 0.312. The Morgan fingerprint density at radius 3 is 2.65 bits per heavy atom. The Kier molecular flexibility index (Phi) is 4.79. The fourth-order valence-corrected chi connectivity index (χ4v) is 2.99. The van der Waals surface area contributed by atoms with Crippen LogP contribution >= 0.6 is 11.3 Å². The molecule has 1 aromatic heterocycles. The van der Waals surface area contributed by atoms with Crippen molar-refractivity contribution in [3.8, 4) is 0 Å². The molecule has 0 saturated heterocycles. The van der Waals surface area contributed by atoms with Gasteiger partial charge in [-0.2, -0.15) is 0 Å². The molecular formula is C16H20N2OS. The van der Waals surface area contributed by atoms with Crippen LogP contribution < -0.4 is 5.73 Å². The molecule has 20 heavy (non-hydrogen) atoms. The number of nitrogens with zero attached hydrogens (tertiary/aromatic N) is 1. The van der Waals surface area contributed by atoms with Crippen molar-refractivity contribution in [1.82, 2.24) is 4.90 Å². The van der Waals surface area contributed by atoms with Gasteiger partial charge in [0, 0.05) is 23.7 Å². The first-order valence-electron chi connectivity index (χ1n) is 6.86. The monoisotopic (exact) mass is 288 g/mol. The molecule has 2 rings (SSSR count). The Bertz CT molecular complexity index is 592. The zero-order chi connectivity index (χ0) is 14.5. The van der Waals surface area contributed by atoms with Gasteiger partial charge in [-0.3, -0.25) is 4.79 Å². The van der Waals surface area contributed by atoms with E-state index in [4.69, 9.17) is 5.73 Å². The van der Waals surface area contributed by atoms with E-state index in [9.17, 15) is 4.79 Å². The van der Waals surface area contributed by atoms with Gasteiger partial charge >= 0.3 is 0 Å². The summed E-state index contributed by atoms with van der Waals surface area (Å²) in [6.45, 7) is 5.38. The number of hydrogen-bond acceptors (Lipinski definition) is 3. The van der Waals surface area contributed by atoms with E-state index in [1.807, 2.05) is 48.2 Å². The van der Waals surface area contributed by atoms with Crippen LogP contribution in [0.5, 0.6) is 0 Å². The Morgan fingerprint density at radius 1 is 1.25 bits per heavy atom. The summed E-state index contributed by atoms with van der Waals surface area (Å²) in [5.74, 6) is 0.0969. The zero-order valence-corrected chi connectivity index (χ0v) is 12.7. The molecule has 0 saturated carbocycles. The summed E-state index contributed by atoms with van der Waals surface area (Å²) >= 11 is 1.58. The van der Waals surface area contributed by atoms with Crippen LogP contribution in [0.3, 0.4) is 0 Å². The zero-order valence-electron chi connectivity index (χ0n) is 11.9. The number of amides is 1. The van der Waals surface area contributed by atoms with E-state index in [1.165, 1.54) is 4.88 Å². The van der Waals surface area contributed by atoms with Gasteiger partial charge in [0.05, 0.1) is 4.88 Å². The van der Waals surface area contributed by atoms with Crippen LogP contribution in [0.2, 0.25) is 0 Å². The van der Waals surface area contributed by atoms with Crippen LogP contribution in [0.1, 0.15) is 34.0 Å². The number of benzene rings is 1. The molecule has 1 amide bonds. The summed E-state index contributed by atoms with van der Waals surface area (Å²) in [5, 5.41) is 0. The number of hydrogen-bond donors (Lipinski definition) is 1. The average Bonchev–Trinajstić information content (AvgIpc) is 2.93. The minimum Gasteiger partial charge on any atom is -0.399 e. The topological polar surface area (TPSA) is 46.3 Å². The highest BCUT2D eigenvalue weighted by Crippen LogP contribution is 2.20. The largest absolute Gasteiger partial charge is 0.399 e. The van der Waals surface area contributed by atoms with Crippen molar-refractivity contribution >= 4 is 22.9 Å². The van der Waals surface area contributed by atoms with E-state index in [1.54, 1.807) is 11.3 Å². The second-order valence-electron chi connectivity index (χ2n) is 4.68. The SMILES string of the molecule is CCc1ccc(C(=O)N(CC)Cc2cccc(N)c2)s1. The number of anilines is 1. The van der Waals surface area contributed by atoms with E-state index in [0.717, 1.165) is 22.5 Å². The maximum Gasteiger partial charge on any atom is 0.264 e. The first kappa shape index (κ1) is 14.6. The van der Waals surface area contributed by atoms with Crippen molar-refractivity contribution in [2.75, 3.05) is 12.3 Å². The molecule has 2 aromatic rings. The smallest absolute Gasteiger partial charge is 0.264 e. The third-order valence-corrected chi connectivity index (χ3v) is 4.43. The number of nitrogens with two attached hydrogens (primary N) is 1. The van der Waals surface area contributed by atoms with Crippen molar-refractivity contribution in [1.29, 1.82) is 0 Å². The Labute approximate surface area is 124 Å². The number of aryl methyl sites for hydroxylation is 1. The van der Waals surface area contributed by atoms with Gasteiger partial charge in [-0.15, -0.1) is 11.3 Å². The maximum atomic E-state index is 12.5. The molecular weight excluding hydrogens is 268 g/mol. The number of nitrogen functional groups attached to an aromatic ring is 1. The lowest BCUT2D eigenvalue weighted by Gasteiger charge is -2.20. The number of rotatable bonds is 5. The molecule has 1 heterocycles. The first-order chi connectivity index (χ1) is 9.63. The van der Waals surface area contributed by atoms with Crippen molar-refractivity contribution in [3.63, 3.8) is 0 Å². The van der Waals surface area contributed by atoms with E-state index in [0.29, 0.717) is 13.1 Å². The third-order valence-electron chi connectivity index (χ3n) is 3.21. The highest BCUT2D eigenvalue weighted by Gasteiger charge is 2.16. The van der Waals surface area contributed by atoms with Gasteiger partial charge in [0.1, 0.15) is 0 Å². The molecule has 0 aliphatic rings. The summed E-state index contributed by atoms with van der Waals surface area (Å²) in [7, 11) is 0. The number of thiophene rings is 1. The molecule has 2 N–H and O–H groups in total. The normalized spacial score (nSPS) is 10.5. The summed E-state index contributed by atoms with van der Waals surface area (Å²) < 4.78 is 0. The first-order valence-corrected chi connectivity index (χ1v) is 7.68. The van der Waals surface area contributed by atoms with Gasteiger partial charge in [0.2, 0.25) is 0 Å². The van der Waals surface area contributed by atoms with Crippen LogP contribution in [0.15, 0.2) is 36.4 Å². The van der Waals surface area contributed by atoms with Gasteiger partial charge in [-0.25, -0.2) is 0 Å². The Hall–Kier alpha value is -1.81. The van der Waals surface area contributed by atoms with Crippen molar-refractivity contribution in [2.24, 2.45) is 0 Å². The predicted octanol–water partition coefficient (Wildman–Crippen LogP) is 3.56. The molecule has 106 valence electrons. The van der Waals surface area contributed by atoms with E-state index < -0.39 is 0 Å². The van der Waals surface area contributed by atoms with E-state index in [-0.39, 0.29) is 5.91 Å². The van der Waals surface area contributed by atoms with E-state index in [2.05, 4.69) is 6.92 Å². The van der Waals surface area contributed by atoms with Gasteiger partial charge in [-0.05, 0) is 43.2 Å². The van der Waals surface area contributed by atoms with Crippen LogP contribution in [0, 0.1) is 0 Å². The molecule has 4 heteroatoms. The highest BCUT2D eigenvalue weighted by molar-refractivity contribution is 7.14. The number of carbonyl (C=O) groups is 1. The van der Waals surface area contributed by atoms with Crippen molar-refractivity contribution in [3.05, 3.63) is 51.7 Å². The predicted molar refractivity (Wildman–Crippen MR) is 85.0 cm³/mol. The van der Waals surface area contributed by atoms with Crippen LogP contribution in [0.25, 0.3) is 0 Å². The van der Waals surface area contributed by atoms with Gasteiger partial charge in [0.25, 0.3) is 5.91 Å². The highest BCUT2D eigenvalue weighted by atomic mass is 32.1. The molecule has 0 fully saturated rings. The molecule has 0 unspecified atom stereocenters. The van der Waals surface area contributed by atoms with Crippen LogP contribution in [-0.2, 0) is 13.0 Å². The molecule has 0 bridgehead atoms. The van der Waals surface area contributed by atoms with Gasteiger partial charge in [-0.1, -0.05) is 19.1 Å². The minimum absolute atomic E-state index is 0.0969. The average molecular weight is 288 g/mol. The standard InChI is InChI=1S/C16H20N2OS/c1-3-14-8-9-15(20-14)16(19)18(4-2)11-12-6-5-7-13(17)10-12/h5-10H,3-4,11,17H2,1-2H3. The summed E-state index contributed by atoms with van der Waals surface area (Å²) in [6, 6.07) is 11.7. The second kappa shape index (κ2) is 6.57. The Balaban J connectivity index is 2.13. The lowest BCUT2D eigenvalue weighted by Crippen LogP contribution is -2.29. The molecule has 1 aromatic carbocycles. The van der Waals surface area contributed by atoms with E-state index >= 15 is 0 Å². The molecule has 3 nitrogen and oxygen atoms in total. The molecule has 0 aliphatic heterocycles. The van der Waals surface area contributed by atoms with Crippen LogP contribution in [0.4, 0.5) is 5.69 Å². The van der Waals surface area contributed by atoms with Crippen molar-refractivity contribution < 1.29 is 4.79 Å². The number of carbonyl (C=O) groups excluding carboxylic acids is 1. The second-order valence-corrected chi connectivity index (χ2v) is 5.85.